The molecule has 4 heterocycles. The van der Waals surface area contributed by atoms with E-state index in [0.717, 1.165) is 63.5 Å². The van der Waals surface area contributed by atoms with Crippen molar-refractivity contribution in [3.05, 3.63) is 91.6 Å². The maximum Gasteiger partial charge on any atom is 0.0692 e. The van der Waals surface area contributed by atoms with Gasteiger partial charge in [0.05, 0.1) is 28.9 Å². The van der Waals surface area contributed by atoms with Crippen molar-refractivity contribution in [1.82, 2.24) is 5.32 Å². The fraction of sp³-hybridized carbons (Fsp3) is 0.514. The van der Waals surface area contributed by atoms with Crippen LogP contribution in [0, 0.1) is 5.92 Å². The fourth-order valence-electron chi connectivity index (χ4n) is 7.86. The van der Waals surface area contributed by atoms with Crippen molar-refractivity contribution in [2.45, 2.75) is 119 Å². The molecule has 0 amide bonds. The first-order valence-electron chi connectivity index (χ1n) is 16.2. The molecule has 0 saturated heterocycles. The third-order valence-electron chi connectivity index (χ3n) is 9.70. The number of hydrogen-bond acceptors (Lipinski definition) is 3. The van der Waals surface area contributed by atoms with Crippen molar-refractivity contribution in [3.63, 3.8) is 0 Å². The van der Waals surface area contributed by atoms with Crippen LogP contribution in [0.1, 0.15) is 113 Å². The molecule has 2 unspecified atom stereocenters. The van der Waals surface area contributed by atoms with E-state index < -0.39 is 0 Å². The molecule has 4 aliphatic heterocycles. The molecule has 1 aliphatic carbocycles. The van der Waals surface area contributed by atoms with Crippen molar-refractivity contribution in [1.29, 1.82) is 0 Å². The molecule has 0 saturated carbocycles. The summed E-state index contributed by atoms with van der Waals surface area (Å²) in [5.41, 5.74) is 19.2. The van der Waals surface area contributed by atoms with Crippen molar-refractivity contribution in [2.75, 3.05) is 0 Å². The third-order valence-corrected chi connectivity index (χ3v) is 9.70. The molecular formula is C37H49N3. The quantitative estimate of drug-likeness (QED) is 0.330. The maximum absolute atomic E-state index is 5.37. The lowest BCUT2D eigenvalue weighted by Gasteiger charge is -2.18. The van der Waals surface area contributed by atoms with Crippen molar-refractivity contribution in [2.24, 2.45) is 15.9 Å². The van der Waals surface area contributed by atoms with Crippen LogP contribution in [0.25, 0.3) is 0 Å². The summed E-state index contributed by atoms with van der Waals surface area (Å²) >= 11 is 0. The van der Waals surface area contributed by atoms with E-state index in [1.54, 1.807) is 0 Å². The van der Waals surface area contributed by atoms with Gasteiger partial charge in [-0.2, -0.15) is 0 Å². The summed E-state index contributed by atoms with van der Waals surface area (Å²) in [5.74, 6) is 0.477. The molecule has 5 aliphatic rings. The summed E-state index contributed by atoms with van der Waals surface area (Å²) in [5, 5.41) is 3.96. The van der Waals surface area contributed by atoms with Gasteiger partial charge in [0.2, 0.25) is 0 Å². The first-order valence-corrected chi connectivity index (χ1v) is 16.2. The molecule has 0 aromatic rings. The molecule has 1 N–H and O–H groups in total. The zero-order chi connectivity index (χ0) is 28.6. The molecule has 2 atom stereocenters. The lowest BCUT2D eigenvalue weighted by molar-refractivity contribution is 0.514. The van der Waals surface area contributed by atoms with Crippen LogP contribution >= 0.6 is 0 Å². The van der Waals surface area contributed by atoms with Gasteiger partial charge in [-0.3, -0.25) is 0 Å². The van der Waals surface area contributed by atoms with Crippen LogP contribution in [0.3, 0.4) is 0 Å². The molecule has 0 spiro atoms. The summed E-state index contributed by atoms with van der Waals surface area (Å²) in [4.78, 5) is 10.7. The molecule has 0 aromatic heterocycles. The van der Waals surface area contributed by atoms with E-state index in [0.29, 0.717) is 5.92 Å². The largest absolute Gasteiger partial charge is 0.378 e. The molecular weight excluding hydrogens is 486 g/mol. The Balaban J connectivity index is 1.79. The standard InChI is InChI=1S/C37H49N3/c1-9-24-22-17-23(25(24)10-2)19-33-27(12-4)29(14-6)35(39-33)21-37-31(16-8)30(15-7)36(40-37)20-34-28(13-5)26(11-3)32(18-22)38-34/h18-21,30,36,40H,9-17H2,1-8H3/b22-18+,23-19+,34-20-,35-21-. The summed E-state index contributed by atoms with van der Waals surface area (Å²) in [6.07, 6.45) is 19.0. The van der Waals surface area contributed by atoms with Crippen LogP contribution in [0.2, 0.25) is 0 Å². The van der Waals surface area contributed by atoms with Gasteiger partial charge in [-0.25, -0.2) is 9.98 Å². The first-order chi connectivity index (χ1) is 19.5. The highest BCUT2D eigenvalue weighted by Crippen LogP contribution is 2.43. The molecule has 212 valence electrons. The number of nitrogens with zero attached hydrogens (tertiary/aromatic N) is 2. The molecule has 40 heavy (non-hydrogen) atoms. The average Bonchev–Trinajstić information content (AvgIpc) is 3.67. The van der Waals surface area contributed by atoms with E-state index in [9.17, 15) is 0 Å². The van der Waals surface area contributed by atoms with Gasteiger partial charge in [-0.15, -0.1) is 0 Å². The van der Waals surface area contributed by atoms with Crippen LogP contribution in [0.4, 0.5) is 0 Å². The minimum atomic E-state index is 0.255. The lowest BCUT2D eigenvalue weighted by atomic mass is 9.88. The summed E-state index contributed by atoms with van der Waals surface area (Å²) in [6.45, 7) is 18.4. The van der Waals surface area contributed by atoms with E-state index >= 15 is 0 Å². The van der Waals surface area contributed by atoms with Crippen LogP contribution < -0.4 is 5.32 Å². The molecule has 8 bridgehead atoms. The summed E-state index contributed by atoms with van der Waals surface area (Å²) in [7, 11) is 0. The van der Waals surface area contributed by atoms with Crippen LogP contribution in [-0.4, -0.2) is 17.5 Å². The van der Waals surface area contributed by atoms with E-state index in [4.69, 9.17) is 9.98 Å². The van der Waals surface area contributed by atoms with Gasteiger partial charge in [-0.1, -0.05) is 55.4 Å². The van der Waals surface area contributed by atoms with Crippen molar-refractivity contribution >= 4 is 11.4 Å². The average molecular weight is 536 g/mol. The Morgan fingerprint density at radius 2 is 1.10 bits per heavy atom. The monoisotopic (exact) mass is 535 g/mol. The molecule has 0 aromatic carbocycles. The minimum Gasteiger partial charge on any atom is -0.378 e. The molecule has 5 rings (SSSR count). The molecule has 0 fully saturated rings. The van der Waals surface area contributed by atoms with E-state index in [-0.39, 0.29) is 6.04 Å². The molecule has 3 nitrogen and oxygen atoms in total. The van der Waals surface area contributed by atoms with Gasteiger partial charge in [0.1, 0.15) is 0 Å². The van der Waals surface area contributed by atoms with Crippen LogP contribution in [0.5, 0.6) is 0 Å². The van der Waals surface area contributed by atoms with Gasteiger partial charge >= 0.3 is 0 Å². The summed E-state index contributed by atoms with van der Waals surface area (Å²) < 4.78 is 0. The van der Waals surface area contributed by atoms with Gasteiger partial charge in [-0.05, 0) is 132 Å². The Bertz CT molecular complexity index is 1410. The van der Waals surface area contributed by atoms with E-state index in [1.165, 1.54) is 73.0 Å². The van der Waals surface area contributed by atoms with Gasteiger partial charge in [0.15, 0.2) is 0 Å². The number of hydrogen-bond donors (Lipinski definition) is 1. The number of nitrogens with one attached hydrogen (secondary N) is 1. The van der Waals surface area contributed by atoms with Crippen LogP contribution in [-0.2, 0) is 0 Å². The maximum atomic E-state index is 5.37. The van der Waals surface area contributed by atoms with E-state index in [1.807, 2.05) is 0 Å². The van der Waals surface area contributed by atoms with Crippen molar-refractivity contribution < 1.29 is 0 Å². The highest BCUT2D eigenvalue weighted by molar-refractivity contribution is 6.14. The minimum absolute atomic E-state index is 0.255. The normalized spacial score (nSPS) is 29.6. The highest BCUT2D eigenvalue weighted by atomic mass is 15.0. The molecule has 0 radical (unpaired) electrons. The molecule has 3 heteroatoms. The van der Waals surface area contributed by atoms with Crippen LogP contribution in [0.15, 0.2) is 102 Å². The number of aliphatic imine (C=N–C) groups is 2. The summed E-state index contributed by atoms with van der Waals surface area (Å²) in [6, 6.07) is 0.255. The number of fused-ring (bicyclic) bond motifs is 6. The Kier molecular flexibility index (Phi) is 8.50. The predicted molar refractivity (Wildman–Crippen MR) is 173 cm³/mol. The Hall–Kier alpha value is -2.94. The van der Waals surface area contributed by atoms with Crippen molar-refractivity contribution in [3.8, 4) is 0 Å². The smallest absolute Gasteiger partial charge is 0.0692 e. The third kappa shape index (κ3) is 4.70. The lowest BCUT2D eigenvalue weighted by Crippen LogP contribution is -2.26. The second kappa shape index (κ2) is 11.9. The van der Waals surface area contributed by atoms with Gasteiger partial charge in [0, 0.05) is 11.6 Å². The second-order valence-electron chi connectivity index (χ2n) is 11.6. The number of allylic oxidation sites excluding steroid dienone is 11. The topological polar surface area (TPSA) is 36.8 Å². The Morgan fingerprint density at radius 3 is 1.57 bits per heavy atom. The number of rotatable bonds is 8. The second-order valence-corrected chi connectivity index (χ2v) is 11.6. The fourth-order valence-corrected chi connectivity index (χ4v) is 7.86. The van der Waals surface area contributed by atoms with Gasteiger partial charge in [0.25, 0.3) is 0 Å². The first kappa shape index (κ1) is 28.6. The Morgan fingerprint density at radius 1 is 0.600 bits per heavy atom. The highest BCUT2D eigenvalue weighted by Gasteiger charge is 2.34. The predicted octanol–water partition coefficient (Wildman–Crippen LogP) is 9.95. The Labute approximate surface area is 243 Å². The van der Waals surface area contributed by atoms with E-state index in [2.05, 4.69) is 85.0 Å². The zero-order valence-corrected chi connectivity index (χ0v) is 26.2. The zero-order valence-electron chi connectivity index (χ0n) is 26.2. The SMILES string of the molecule is CCC1=C(CC)/C2=C/C3=C(CC)C(CC)C(/C=C4N=C(/C=C5\C/C(=C\C1=N2)C(CC)=C5CC)C(CC)=C\4CC)N3. The van der Waals surface area contributed by atoms with Gasteiger partial charge < -0.3 is 5.32 Å².